The lowest BCUT2D eigenvalue weighted by atomic mass is 9.99. The van der Waals surface area contributed by atoms with Crippen molar-refractivity contribution in [1.29, 1.82) is 0 Å². The molecule has 0 saturated heterocycles. The van der Waals surface area contributed by atoms with E-state index >= 15 is 0 Å². The van der Waals surface area contributed by atoms with E-state index in [1.807, 2.05) is 59.5 Å². The second-order valence-corrected chi connectivity index (χ2v) is 7.25. The molecule has 3 rings (SSSR count). The Kier molecular flexibility index (Phi) is 4.52. The Morgan fingerprint density at radius 3 is 2.29 bits per heavy atom. The molecule has 0 saturated carbocycles. The second-order valence-electron chi connectivity index (χ2n) is 6.81. The summed E-state index contributed by atoms with van der Waals surface area (Å²) in [4.78, 5) is 7.64. The van der Waals surface area contributed by atoms with Gasteiger partial charge in [0.2, 0.25) is 6.23 Å². The Balaban J connectivity index is 1.94. The summed E-state index contributed by atoms with van der Waals surface area (Å²) in [5, 5.41) is 15.7. The Morgan fingerprint density at radius 1 is 1.08 bits per heavy atom. The molecule has 0 aliphatic carbocycles. The minimum atomic E-state index is -0.807. The van der Waals surface area contributed by atoms with Crippen LogP contribution in [0.1, 0.15) is 38.0 Å². The highest BCUT2D eigenvalue weighted by Gasteiger charge is 2.42. The van der Waals surface area contributed by atoms with Gasteiger partial charge in [-0.2, -0.15) is 0 Å². The first-order chi connectivity index (χ1) is 11.4. The smallest absolute Gasteiger partial charge is 0.232 e. The molecular weight excluding hydrogens is 324 g/mol. The van der Waals surface area contributed by atoms with Gasteiger partial charge in [-0.15, -0.1) is 0 Å². The van der Waals surface area contributed by atoms with Crippen LogP contribution in [0.5, 0.6) is 0 Å². The van der Waals surface area contributed by atoms with Gasteiger partial charge in [-0.05, 0) is 50.6 Å². The first kappa shape index (κ1) is 16.8. The van der Waals surface area contributed by atoms with Gasteiger partial charge >= 0.3 is 0 Å². The first-order valence-electron chi connectivity index (χ1n) is 7.90. The number of aliphatic hydroxyl groups excluding tert-OH is 1. The summed E-state index contributed by atoms with van der Waals surface area (Å²) in [7, 11) is 0. The maximum absolute atomic E-state index is 10.8. The molecular formula is C19H21ClN2O2. The van der Waals surface area contributed by atoms with Crippen LogP contribution in [-0.2, 0) is 4.84 Å². The monoisotopic (exact) mass is 344 g/mol. The number of hydrogen-bond donors (Lipinski definition) is 1. The van der Waals surface area contributed by atoms with Gasteiger partial charge in [0.1, 0.15) is 6.10 Å². The summed E-state index contributed by atoms with van der Waals surface area (Å²) in [5.74, 6) is 0.694. The molecule has 0 spiro atoms. The van der Waals surface area contributed by atoms with E-state index in [-0.39, 0.29) is 5.54 Å². The lowest BCUT2D eigenvalue weighted by Gasteiger charge is -2.39. The van der Waals surface area contributed by atoms with E-state index < -0.39 is 12.3 Å². The van der Waals surface area contributed by atoms with Crippen molar-refractivity contribution >= 4 is 17.4 Å². The second kappa shape index (κ2) is 6.46. The number of hydrogen-bond acceptors (Lipinski definition) is 4. The third-order valence-electron chi connectivity index (χ3n) is 3.97. The number of benzene rings is 2. The van der Waals surface area contributed by atoms with Crippen molar-refractivity contribution in [2.75, 3.05) is 0 Å². The molecule has 2 aromatic carbocycles. The number of rotatable bonds is 3. The van der Waals surface area contributed by atoms with Crippen LogP contribution in [0.15, 0.2) is 59.8 Å². The topological polar surface area (TPSA) is 45.1 Å². The molecule has 0 radical (unpaired) electrons. The molecule has 2 atom stereocenters. The summed E-state index contributed by atoms with van der Waals surface area (Å²) in [6.45, 7) is 6.20. The molecule has 0 aromatic heterocycles. The van der Waals surface area contributed by atoms with Crippen LogP contribution in [0.2, 0.25) is 5.02 Å². The van der Waals surface area contributed by atoms with E-state index in [0.717, 1.165) is 11.1 Å². The van der Waals surface area contributed by atoms with E-state index in [9.17, 15) is 5.11 Å². The summed E-state index contributed by atoms with van der Waals surface area (Å²) < 4.78 is 0. The fraction of sp³-hybridized carbons (Fsp3) is 0.316. The molecule has 126 valence electrons. The standard InChI is InChI=1S/C19H21ClN2O2/c1-19(2,3)22-17(14-9-11-15(20)12-10-14)21-24-18(22)16(23)13-7-5-4-6-8-13/h4-12,16,18,23H,1-3H3. The molecule has 4 nitrogen and oxygen atoms in total. The quantitative estimate of drug-likeness (QED) is 0.908. The van der Waals surface area contributed by atoms with E-state index in [0.29, 0.717) is 10.9 Å². The van der Waals surface area contributed by atoms with Crippen LogP contribution >= 0.6 is 11.6 Å². The Hall–Kier alpha value is -2.04. The van der Waals surface area contributed by atoms with Crippen molar-refractivity contribution in [1.82, 2.24) is 4.90 Å². The molecule has 1 N–H and O–H groups in total. The third kappa shape index (κ3) is 3.25. The van der Waals surface area contributed by atoms with Gasteiger partial charge in [0.25, 0.3) is 0 Å². The van der Waals surface area contributed by atoms with E-state index in [4.69, 9.17) is 16.4 Å². The fourth-order valence-electron chi connectivity index (χ4n) is 2.82. The van der Waals surface area contributed by atoms with Crippen LogP contribution in [0, 0.1) is 0 Å². The highest BCUT2D eigenvalue weighted by Crippen LogP contribution is 2.33. The van der Waals surface area contributed by atoms with Crippen LogP contribution in [0.4, 0.5) is 0 Å². The predicted molar refractivity (Wildman–Crippen MR) is 95.9 cm³/mol. The average molecular weight is 345 g/mol. The van der Waals surface area contributed by atoms with Crippen LogP contribution in [-0.4, -0.2) is 27.6 Å². The average Bonchev–Trinajstić information content (AvgIpc) is 3.01. The molecule has 5 heteroatoms. The zero-order valence-corrected chi connectivity index (χ0v) is 14.7. The van der Waals surface area contributed by atoms with Crippen LogP contribution in [0.3, 0.4) is 0 Å². The van der Waals surface area contributed by atoms with Gasteiger partial charge in [-0.1, -0.05) is 47.1 Å². The van der Waals surface area contributed by atoms with E-state index in [1.165, 1.54) is 0 Å². The lowest BCUT2D eigenvalue weighted by molar-refractivity contribution is -0.0986. The minimum absolute atomic E-state index is 0.282. The number of oxime groups is 1. The third-order valence-corrected chi connectivity index (χ3v) is 4.22. The highest BCUT2D eigenvalue weighted by atomic mass is 35.5. The zero-order chi connectivity index (χ0) is 17.3. The SMILES string of the molecule is CC(C)(C)N1C(c2ccc(Cl)cc2)=NOC1C(O)c1ccccc1. The minimum Gasteiger partial charge on any atom is -0.382 e. The Labute approximate surface area is 147 Å². The molecule has 1 aliphatic rings. The largest absolute Gasteiger partial charge is 0.382 e. The Bertz CT molecular complexity index is 723. The van der Waals surface area contributed by atoms with Crippen molar-refractivity contribution in [2.45, 2.75) is 38.6 Å². The number of nitrogens with zero attached hydrogens (tertiary/aromatic N) is 2. The van der Waals surface area contributed by atoms with Crippen molar-refractivity contribution < 1.29 is 9.94 Å². The summed E-state index contributed by atoms with van der Waals surface area (Å²) in [5.41, 5.74) is 1.41. The van der Waals surface area contributed by atoms with E-state index in [2.05, 4.69) is 25.9 Å². The van der Waals surface area contributed by atoms with Crippen molar-refractivity contribution in [2.24, 2.45) is 5.16 Å². The van der Waals surface area contributed by atoms with Crippen molar-refractivity contribution in [3.05, 3.63) is 70.7 Å². The zero-order valence-electron chi connectivity index (χ0n) is 14.0. The van der Waals surface area contributed by atoms with Crippen LogP contribution in [0.25, 0.3) is 0 Å². The summed E-state index contributed by atoms with van der Waals surface area (Å²) in [6, 6.07) is 16.9. The van der Waals surface area contributed by atoms with Gasteiger partial charge in [-0.25, -0.2) is 0 Å². The van der Waals surface area contributed by atoms with Crippen molar-refractivity contribution in [3.63, 3.8) is 0 Å². The normalized spacial score (nSPS) is 19.0. The molecule has 0 bridgehead atoms. The van der Waals surface area contributed by atoms with Gasteiger partial charge in [0.05, 0.1) is 0 Å². The van der Waals surface area contributed by atoms with Gasteiger partial charge < -0.3 is 14.8 Å². The van der Waals surface area contributed by atoms with Crippen LogP contribution < -0.4 is 0 Å². The maximum atomic E-state index is 10.8. The van der Waals surface area contributed by atoms with Crippen molar-refractivity contribution in [3.8, 4) is 0 Å². The summed E-state index contributed by atoms with van der Waals surface area (Å²) in [6.07, 6.45) is -1.39. The molecule has 24 heavy (non-hydrogen) atoms. The maximum Gasteiger partial charge on any atom is 0.232 e. The number of halogens is 1. The number of amidine groups is 1. The number of aliphatic hydroxyl groups is 1. The van der Waals surface area contributed by atoms with Gasteiger partial charge in [0.15, 0.2) is 5.84 Å². The highest BCUT2D eigenvalue weighted by molar-refractivity contribution is 6.30. The van der Waals surface area contributed by atoms with Gasteiger partial charge in [-0.3, -0.25) is 0 Å². The predicted octanol–water partition coefficient (Wildman–Crippen LogP) is 4.19. The Morgan fingerprint density at radius 2 is 1.71 bits per heavy atom. The molecule has 1 aliphatic heterocycles. The molecule has 0 fully saturated rings. The lowest BCUT2D eigenvalue weighted by Crippen LogP contribution is -2.51. The molecule has 2 aromatic rings. The molecule has 0 amide bonds. The summed E-state index contributed by atoms with van der Waals surface area (Å²) >= 11 is 5.98. The first-order valence-corrected chi connectivity index (χ1v) is 8.28. The molecule has 1 heterocycles. The van der Waals surface area contributed by atoms with Gasteiger partial charge in [0, 0.05) is 16.1 Å². The molecule has 2 unspecified atom stereocenters. The fourth-order valence-corrected chi connectivity index (χ4v) is 2.95. The van der Waals surface area contributed by atoms with E-state index in [1.54, 1.807) is 0 Å².